The highest BCUT2D eigenvalue weighted by molar-refractivity contribution is 6.35. The number of nitrogens with one attached hydrogen (secondary N) is 2. The number of carbonyl (C=O) groups is 2. The summed E-state index contributed by atoms with van der Waals surface area (Å²) >= 11 is 12.0. The van der Waals surface area contributed by atoms with Gasteiger partial charge in [0.2, 0.25) is 0 Å². The second kappa shape index (κ2) is 9.26. The van der Waals surface area contributed by atoms with Crippen LogP contribution < -0.4 is 10.6 Å². The first-order valence-corrected chi connectivity index (χ1v) is 9.12. The summed E-state index contributed by atoms with van der Waals surface area (Å²) in [5.74, 6) is -0.451. The van der Waals surface area contributed by atoms with Crippen molar-refractivity contribution in [3.8, 4) is 0 Å². The molecule has 7 heteroatoms. The number of rotatable bonds is 6. The summed E-state index contributed by atoms with van der Waals surface area (Å²) in [6.45, 7) is 0.172. The van der Waals surface area contributed by atoms with E-state index >= 15 is 0 Å². The maximum Gasteiger partial charge on any atom is 0.268 e. The fourth-order valence-corrected chi connectivity index (χ4v) is 2.87. The van der Waals surface area contributed by atoms with Gasteiger partial charge in [-0.05, 0) is 42.0 Å². The lowest BCUT2D eigenvalue weighted by Crippen LogP contribution is -2.34. The number of halogens is 2. The van der Waals surface area contributed by atoms with Gasteiger partial charge in [0.25, 0.3) is 11.8 Å². The zero-order chi connectivity index (χ0) is 19.9. The Kier molecular flexibility index (Phi) is 6.53. The monoisotopic (exact) mass is 414 g/mol. The van der Waals surface area contributed by atoms with Crippen LogP contribution in [0.15, 0.2) is 77.0 Å². The zero-order valence-corrected chi connectivity index (χ0v) is 16.1. The number of furan rings is 1. The second-order valence-corrected chi connectivity index (χ2v) is 6.66. The van der Waals surface area contributed by atoms with E-state index in [1.54, 1.807) is 60.7 Å². The van der Waals surface area contributed by atoms with E-state index in [0.717, 1.165) is 0 Å². The Balaban J connectivity index is 1.76. The van der Waals surface area contributed by atoms with Gasteiger partial charge in [-0.15, -0.1) is 0 Å². The van der Waals surface area contributed by atoms with Crippen molar-refractivity contribution in [1.82, 2.24) is 10.6 Å². The molecule has 2 aromatic carbocycles. The molecule has 0 spiro atoms. The highest BCUT2D eigenvalue weighted by atomic mass is 35.5. The highest BCUT2D eigenvalue weighted by Gasteiger charge is 2.15. The van der Waals surface area contributed by atoms with Crippen molar-refractivity contribution < 1.29 is 14.0 Å². The molecule has 1 heterocycles. The van der Waals surface area contributed by atoms with Crippen molar-refractivity contribution in [1.29, 1.82) is 0 Å². The van der Waals surface area contributed by atoms with Gasteiger partial charge in [-0.1, -0.05) is 47.5 Å². The Morgan fingerprint density at radius 2 is 1.79 bits per heavy atom. The molecule has 0 bridgehead atoms. The molecule has 0 aliphatic heterocycles. The van der Waals surface area contributed by atoms with Crippen LogP contribution in [-0.4, -0.2) is 11.8 Å². The number of amides is 2. The van der Waals surface area contributed by atoms with E-state index < -0.39 is 11.8 Å². The molecule has 1 aromatic heterocycles. The van der Waals surface area contributed by atoms with Crippen molar-refractivity contribution in [2.24, 2.45) is 0 Å². The van der Waals surface area contributed by atoms with Gasteiger partial charge < -0.3 is 15.1 Å². The smallest absolute Gasteiger partial charge is 0.268 e. The van der Waals surface area contributed by atoms with E-state index in [1.807, 2.05) is 0 Å². The van der Waals surface area contributed by atoms with Crippen LogP contribution >= 0.6 is 23.2 Å². The molecule has 142 valence electrons. The van der Waals surface area contributed by atoms with E-state index in [2.05, 4.69) is 10.6 Å². The Labute approximate surface area is 172 Å². The fourth-order valence-electron chi connectivity index (χ4n) is 2.39. The molecule has 0 atom stereocenters. The molecule has 5 nitrogen and oxygen atoms in total. The van der Waals surface area contributed by atoms with Crippen LogP contribution in [0.25, 0.3) is 6.08 Å². The quantitative estimate of drug-likeness (QED) is 0.575. The van der Waals surface area contributed by atoms with Gasteiger partial charge in [-0.25, -0.2) is 0 Å². The molecule has 0 unspecified atom stereocenters. The molecule has 0 radical (unpaired) electrons. The third-order valence-electron chi connectivity index (χ3n) is 3.81. The topological polar surface area (TPSA) is 71.3 Å². The largest absolute Gasteiger partial charge is 0.465 e. The van der Waals surface area contributed by atoms with Crippen LogP contribution in [0, 0.1) is 0 Å². The predicted molar refractivity (Wildman–Crippen MR) is 109 cm³/mol. The lowest BCUT2D eigenvalue weighted by atomic mass is 10.2. The van der Waals surface area contributed by atoms with Crippen LogP contribution in [0.3, 0.4) is 0 Å². The summed E-state index contributed by atoms with van der Waals surface area (Å²) in [6, 6.07) is 17.0. The fraction of sp³-hybridized carbons (Fsp3) is 0.0476. The molecule has 0 saturated heterocycles. The summed E-state index contributed by atoms with van der Waals surface area (Å²) in [7, 11) is 0. The number of carbonyl (C=O) groups excluding carboxylic acids is 2. The van der Waals surface area contributed by atoms with Crippen molar-refractivity contribution >= 4 is 41.1 Å². The summed E-state index contributed by atoms with van der Waals surface area (Å²) in [5, 5.41) is 6.32. The Hall–Kier alpha value is -3.02. The Morgan fingerprint density at radius 1 is 1.00 bits per heavy atom. The van der Waals surface area contributed by atoms with Crippen molar-refractivity contribution in [3.05, 3.63) is 99.6 Å². The normalized spacial score (nSPS) is 11.1. The first kappa shape index (κ1) is 19.7. The minimum Gasteiger partial charge on any atom is -0.465 e. The van der Waals surface area contributed by atoms with Crippen LogP contribution in [0.4, 0.5) is 0 Å². The van der Waals surface area contributed by atoms with E-state index in [1.165, 1.54) is 12.3 Å². The molecular formula is C21H16Cl2N2O3. The van der Waals surface area contributed by atoms with Gasteiger partial charge in [0.1, 0.15) is 11.5 Å². The van der Waals surface area contributed by atoms with Gasteiger partial charge in [-0.2, -0.15) is 0 Å². The van der Waals surface area contributed by atoms with Gasteiger partial charge in [0.15, 0.2) is 0 Å². The van der Waals surface area contributed by atoms with E-state index in [0.29, 0.717) is 26.9 Å². The first-order chi connectivity index (χ1) is 13.5. The summed E-state index contributed by atoms with van der Waals surface area (Å²) < 4.78 is 5.25. The average molecular weight is 415 g/mol. The van der Waals surface area contributed by atoms with Crippen LogP contribution in [-0.2, 0) is 11.3 Å². The second-order valence-electron chi connectivity index (χ2n) is 5.81. The lowest BCUT2D eigenvalue weighted by Gasteiger charge is -2.11. The molecule has 3 rings (SSSR count). The average Bonchev–Trinajstić information content (AvgIpc) is 3.20. The van der Waals surface area contributed by atoms with Gasteiger partial charge in [0, 0.05) is 28.2 Å². The standard InChI is InChI=1S/C21H16Cl2N2O3/c22-16-9-8-15(18(23)11-16)13-24-21(27)19(12-17-7-4-10-28-17)25-20(26)14-5-2-1-3-6-14/h1-12H,13H2,(H,24,27)(H,25,26). The minimum absolute atomic E-state index is 0.0499. The highest BCUT2D eigenvalue weighted by Crippen LogP contribution is 2.20. The van der Waals surface area contributed by atoms with Gasteiger partial charge >= 0.3 is 0 Å². The first-order valence-electron chi connectivity index (χ1n) is 8.36. The molecule has 2 amide bonds. The summed E-state index contributed by atoms with van der Waals surface area (Å²) in [5.41, 5.74) is 1.18. The van der Waals surface area contributed by atoms with Crippen molar-refractivity contribution in [2.45, 2.75) is 6.54 Å². The zero-order valence-electron chi connectivity index (χ0n) is 14.6. The third kappa shape index (κ3) is 5.25. The summed E-state index contributed by atoms with van der Waals surface area (Å²) in [6.07, 6.45) is 2.94. The maximum absolute atomic E-state index is 12.7. The van der Waals surface area contributed by atoms with Crippen LogP contribution in [0.1, 0.15) is 21.7 Å². The molecule has 0 aliphatic carbocycles. The number of hydrogen-bond donors (Lipinski definition) is 2. The SMILES string of the molecule is O=C(NCc1ccc(Cl)cc1Cl)C(=Cc1ccco1)NC(=O)c1ccccc1. The Bertz CT molecular complexity index is 1000. The molecule has 0 saturated carbocycles. The Morgan fingerprint density at radius 3 is 2.46 bits per heavy atom. The molecule has 28 heavy (non-hydrogen) atoms. The van der Waals surface area contributed by atoms with Crippen LogP contribution in [0.5, 0.6) is 0 Å². The van der Waals surface area contributed by atoms with Crippen LogP contribution in [0.2, 0.25) is 10.0 Å². The number of hydrogen-bond acceptors (Lipinski definition) is 3. The lowest BCUT2D eigenvalue weighted by molar-refractivity contribution is -0.117. The molecule has 0 aliphatic rings. The molecule has 2 N–H and O–H groups in total. The number of benzene rings is 2. The van der Waals surface area contributed by atoms with Gasteiger partial charge in [0.05, 0.1) is 6.26 Å². The predicted octanol–water partition coefficient (Wildman–Crippen LogP) is 4.67. The maximum atomic E-state index is 12.7. The van der Waals surface area contributed by atoms with Crippen molar-refractivity contribution in [2.75, 3.05) is 0 Å². The molecule has 0 fully saturated rings. The molecule has 3 aromatic rings. The van der Waals surface area contributed by atoms with E-state index in [9.17, 15) is 9.59 Å². The molecular weight excluding hydrogens is 399 g/mol. The van der Waals surface area contributed by atoms with Crippen molar-refractivity contribution in [3.63, 3.8) is 0 Å². The minimum atomic E-state index is -0.480. The van der Waals surface area contributed by atoms with E-state index in [-0.39, 0.29) is 12.2 Å². The van der Waals surface area contributed by atoms with Gasteiger partial charge in [-0.3, -0.25) is 9.59 Å². The third-order valence-corrected chi connectivity index (χ3v) is 4.40. The van der Waals surface area contributed by atoms with E-state index in [4.69, 9.17) is 27.6 Å². The summed E-state index contributed by atoms with van der Waals surface area (Å²) in [4.78, 5) is 25.1.